The molecule has 0 aromatic heterocycles. The van der Waals surface area contributed by atoms with Crippen LogP contribution in [0.25, 0.3) is 0 Å². The monoisotopic (exact) mass is 314 g/mol. The second kappa shape index (κ2) is 7.77. The summed E-state index contributed by atoms with van der Waals surface area (Å²) in [5, 5.41) is 10.0. The fourth-order valence-electron chi connectivity index (χ4n) is 1.86. The summed E-state index contributed by atoms with van der Waals surface area (Å²) in [6.45, 7) is 6.09. The van der Waals surface area contributed by atoms with Gasteiger partial charge >= 0.3 is 0 Å². The van der Waals surface area contributed by atoms with Crippen molar-refractivity contribution in [2.45, 2.75) is 19.9 Å². The van der Waals surface area contributed by atoms with Gasteiger partial charge < -0.3 is 10.0 Å². The predicted molar refractivity (Wildman–Crippen MR) is 79.9 cm³/mol. The number of aromatic hydroxyl groups is 1. The molecule has 0 fully saturated rings. The lowest BCUT2D eigenvalue weighted by Crippen LogP contribution is -2.32. The molecule has 0 aliphatic carbocycles. The van der Waals surface area contributed by atoms with Crippen molar-refractivity contribution in [3.63, 3.8) is 0 Å². The normalized spacial score (nSPS) is 11.4. The largest absolute Gasteiger partial charge is 0.506 e. The highest BCUT2D eigenvalue weighted by Gasteiger charge is 2.10. The van der Waals surface area contributed by atoms with Crippen LogP contribution in [0.4, 0.5) is 0 Å². The maximum absolute atomic E-state index is 10.0. The number of benzene rings is 1. The first kappa shape index (κ1) is 15.5. The number of hydrogen-bond acceptors (Lipinski definition) is 3. The summed E-state index contributed by atoms with van der Waals surface area (Å²) in [5.74, 6) is 0.364. The van der Waals surface area contributed by atoms with Gasteiger partial charge in [0.25, 0.3) is 0 Å². The minimum absolute atomic E-state index is 0.364. The van der Waals surface area contributed by atoms with E-state index in [-0.39, 0.29) is 0 Å². The van der Waals surface area contributed by atoms with Crippen molar-refractivity contribution < 1.29 is 5.11 Å². The third-order valence-corrected chi connectivity index (χ3v) is 3.51. The van der Waals surface area contributed by atoms with Gasteiger partial charge in [-0.1, -0.05) is 19.1 Å². The number of para-hydroxylation sites is 1. The molecule has 0 unspecified atom stereocenters. The van der Waals surface area contributed by atoms with E-state index in [2.05, 4.69) is 46.7 Å². The lowest BCUT2D eigenvalue weighted by Gasteiger charge is -2.24. The number of phenols is 1. The number of rotatable bonds is 7. The zero-order valence-corrected chi connectivity index (χ0v) is 13.1. The van der Waals surface area contributed by atoms with Crippen LogP contribution in [0.2, 0.25) is 0 Å². The maximum atomic E-state index is 10.0. The van der Waals surface area contributed by atoms with Crippen LogP contribution in [-0.2, 0) is 6.54 Å². The molecule has 0 heterocycles. The maximum Gasteiger partial charge on any atom is 0.134 e. The summed E-state index contributed by atoms with van der Waals surface area (Å²) >= 11 is 3.36. The number of nitrogens with zero attached hydrogens (tertiary/aromatic N) is 2. The van der Waals surface area contributed by atoms with Crippen LogP contribution >= 0.6 is 15.9 Å². The van der Waals surface area contributed by atoms with E-state index in [9.17, 15) is 5.11 Å². The minimum Gasteiger partial charge on any atom is -0.506 e. The van der Waals surface area contributed by atoms with Gasteiger partial charge in [-0.2, -0.15) is 0 Å². The Hall–Kier alpha value is -0.580. The van der Waals surface area contributed by atoms with E-state index in [0.717, 1.165) is 42.6 Å². The smallest absolute Gasteiger partial charge is 0.134 e. The predicted octanol–water partition coefficient (Wildman–Crippen LogP) is 2.93. The molecule has 0 spiro atoms. The topological polar surface area (TPSA) is 26.7 Å². The number of phenolic OH excluding ortho intramolecular Hbond substituents is 1. The average Bonchev–Trinajstić information content (AvgIpc) is 2.32. The van der Waals surface area contributed by atoms with Gasteiger partial charge in [0, 0.05) is 25.2 Å². The highest BCUT2D eigenvalue weighted by molar-refractivity contribution is 9.10. The zero-order chi connectivity index (χ0) is 13.5. The Morgan fingerprint density at radius 1 is 1.17 bits per heavy atom. The summed E-state index contributed by atoms with van der Waals surface area (Å²) in [6.07, 6.45) is 1.13. The minimum atomic E-state index is 0.364. The molecule has 1 aromatic carbocycles. The first-order valence-corrected chi connectivity index (χ1v) is 7.17. The summed E-state index contributed by atoms with van der Waals surface area (Å²) < 4.78 is 0.768. The first-order chi connectivity index (χ1) is 8.54. The van der Waals surface area contributed by atoms with Crippen LogP contribution in [0.15, 0.2) is 22.7 Å². The van der Waals surface area contributed by atoms with Gasteiger partial charge in [-0.3, -0.25) is 4.90 Å². The summed E-state index contributed by atoms with van der Waals surface area (Å²) in [7, 11) is 4.17. The third-order valence-electron chi connectivity index (χ3n) is 2.87. The van der Waals surface area contributed by atoms with Crippen LogP contribution in [0.1, 0.15) is 18.9 Å². The fraction of sp³-hybridized carbons (Fsp3) is 0.571. The van der Waals surface area contributed by atoms with Gasteiger partial charge in [0.05, 0.1) is 4.47 Å². The molecule has 0 aliphatic rings. The van der Waals surface area contributed by atoms with Gasteiger partial charge in [-0.15, -0.1) is 0 Å². The molecule has 0 bridgehead atoms. The molecule has 102 valence electrons. The summed E-state index contributed by atoms with van der Waals surface area (Å²) in [4.78, 5) is 4.56. The molecule has 18 heavy (non-hydrogen) atoms. The van der Waals surface area contributed by atoms with Crippen molar-refractivity contribution in [3.8, 4) is 5.75 Å². The first-order valence-electron chi connectivity index (χ1n) is 6.38. The second-order valence-corrected chi connectivity index (χ2v) is 5.68. The molecule has 1 N–H and O–H groups in total. The van der Waals surface area contributed by atoms with Gasteiger partial charge in [0.1, 0.15) is 5.75 Å². The highest BCUT2D eigenvalue weighted by Crippen LogP contribution is 2.28. The molecule has 0 radical (unpaired) electrons. The van der Waals surface area contributed by atoms with E-state index in [1.807, 2.05) is 18.2 Å². The number of hydrogen-bond donors (Lipinski definition) is 1. The Morgan fingerprint density at radius 2 is 1.89 bits per heavy atom. The van der Waals surface area contributed by atoms with Crippen LogP contribution in [0.3, 0.4) is 0 Å². The highest BCUT2D eigenvalue weighted by atomic mass is 79.9. The lowest BCUT2D eigenvalue weighted by atomic mass is 10.2. The molecule has 1 aromatic rings. The zero-order valence-electron chi connectivity index (χ0n) is 11.5. The van der Waals surface area contributed by atoms with E-state index < -0.39 is 0 Å². The van der Waals surface area contributed by atoms with Gasteiger partial charge in [0.15, 0.2) is 0 Å². The van der Waals surface area contributed by atoms with Crippen LogP contribution in [-0.4, -0.2) is 48.6 Å². The second-order valence-electron chi connectivity index (χ2n) is 4.83. The molecule has 1 rings (SSSR count). The van der Waals surface area contributed by atoms with Crippen LogP contribution < -0.4 is 0 Å². The lowest BCUT2D eigenvalue weighted by molar-refractivity contribution is 0.231. The van der Waals surface area contributed by atoms with Gasteiger partial charge in [-0.25, -0.2) is 0 Å². The Balaban J connectivity index is 2.67. The molecular formula is C14H23BrN2O. The molecule has 3 nitrogen and oxygen atoms in total. The van der Waals surface area contributed by atoms with Crippen molar-refractivity contribution in [1.29, 1.82) is 0 Å². The average molecular weight is 315 g/mol. The van der Waals surface area contributed by atoms with Gasteiger partial charge in [-0.05, 0) is 49.1 Å². The Kier molecular flexibility index (Phi) is 6.68. The van der Waals surface area contributed by atoms with Gasteiger partial charge in [0.2, 0.25) is 0 Å². The standard InChI is InChI=1S/C14H23BrN2O/c1-4-8-17(10-9-16(2)3)11-12-6-5-7-13(15)14(12)18/h5-7,18H,4,8-11H2,1-3H3. The van der Waals surface area contributed by atoms with Crippen LogP contribution in [0, 0.1) is 0 Å². The van der Waals surface area contributed by atoms with Crippen molar-refractivity contribution >= 4 is 15.9 Å². The van der Waals surface area contributed by atoms with Crippen molar-refractivity contribution in [1.82, 2.24) is 9.80 Å². The fourth-order valence-corrected chi connectivity index (χ4v) is 2.26. The molecule has 4 heteroatoms. The van der Waals surface area contributed by atoms with E-state index in [1.54, 1.807) is 0 Å². The SMILES string of the molecule is CCCN(CCN(C)C)Cc1cccc(Br)c1O. The van der Waals surface area contributed by atoms with Crippen molar-refractivity contribution in [3.05, 3.63) is 28.2 Å². The number of halogens is 1. The Bertz CT molecular complexity index is 369. The van der Waals surface area contributed by atoms with Crippen LogP contribution in [0.5, 0.6) is 5.75 Å². The Labute approximate surface area is 119 Å². The molecule has 0 aliphatic heterocycles. The molecular weight excluding hydrogens is 292 g/mol. The molecule has 0 atom stereocenters. The number of likely N-dealkylation sites (N-methyl/N-ethyl adjacent to an activating group) is 1. The van der Waals surface area contributed by atoms with E-state index in [1.165, 1.54) is 0 Å². The molecule has 0 amide bonds. The molecule has 0 saturated carbocycles. The Morgan fingerprint density at radius 3 is 2.50 bits per heavy atom. The molecule has 0 saturated heterocycles. The quantitative estimate of drug-likeness (QED) is 0.838. The summed E-state index contributed by atoms with van der Waals surface area (Å²) in [6, 6.07) is 5.82. The van der Waals surface area contributed by atoms with Crippen molar-refractivity contribution in [2.75, 3.05) is 33.7 Å². The van der Waals surface area contributed by atoms with E-state index in [4.69, 9.17) is 0 Å². The summed E-state index contributed by atoms with van der Waals surface area (Å²) in [5.41, 5.74) is 0.983. The van der Waals surface area contributed by atoms with E-state index >= 15 is 0 Å². The van der Waals surface area contributed by atoms with Crippen molar-refractivity contribution in [2.24, 2.45) is 0 Å². The third kappa shape index (κ3) is 4.96. The van der Waals surface area contributed by atoms with E-state index in [0.29, 0.717) is 5.75 Å².